The van der Waals surface area contributed by atoms with E-state index < -0.39 is 29.9 Å². The highest BCUT2D eigenvalue weighted by Gasteiger charge is 2.49. The molecule has 0 bridgehead atoms. The van der Waals surface area contributed by atoms with Crippen LogP contribution >= 0.6 is 11.6 Å². The van der Waals surface area contributed by atoms with Crippen LogP contribution in [0.4, 0.5) is 10.5 Å². The van der Waals surface area contributed by atoms with Crippen LogP contribution in [0.1, 0.15) is 25.0 Å². The van der Waals surface area contributed by atoms with Crippen molar-refractivity contribution in [1.82, 2.24) is 10.2 Å². The predicted octanol–water partition coefficient (Wildman–Crippen LogP) is 4.01. The van der Waals surface area contributed by atoms with Crippen LogP contribution in [-0.4, -0.2) is 35.9 Å². The SMILES string of the molecule is C=C(C)COc1ccc(C2(C)NC(=O)N(CC(=O)Nc3cc(Cl)ccc3C)C2=O)cc1. The van der Waals surface area contributed by atoms with Crippen LogP contribution in [0.5, 0.6) is 5.75 Å². The molecule has 4 amide bonds. The van der Waals surface area contributed by atoms with Gasteiger partial charge in [-0.25, -0.2) is 4.79 Å². The first-order valence-electron chi connectivity index (χ1n) is 9.68. The molecule has 1 heterocycles. The summed E-state index contributed by atoms with van der Waals surface area (Å²) in [6.45, 7) is 9.05. The summed E-state index contributed by atoms with van der Waals surface area (Å²) in [5.74, 6) is -0.382. The number of halogens is 1. The molecule has 1 atom stereocenters. The van der Waals surface area contributed by atoms with Gasteiger partial charge in [0.05, 0.1) is 0 Å². The van der Waals surface area contributed by atoms with Crippen LogP contribution in [-0.2, 0) is 15.1 Å². The normalized spacial score (nSPS) is 18.0. The summed E-state index contributed by atoms with van der Waals surface area (Å²) in [6, 6.07) is 11.3. The van der Waals surface area contributed by atoms with Crippen molar-refractivity contribution in [3.8, 4) is 5.75 Å². The van der Waals surface area contributed by atoms with Crippen LogP contribution in [0.3, 0.4) is 0 Å². The van der Waals surface area contributed by atoms with Crippen LogP contribution < -0.4 is 15.4 Å². The molecule has 2 N–H and O–H groups in total. The average molecular weight is 442 g/mol. The largest absolute Gasteiger partial charge is 0.489 e. The first kappa shape index (κ1) is 22.4. The third-order valence-electron chi connectivity index (χ3n) is 4.97. The maximum atomic E-state index is 13.0. The second kappa shape index (κ2) is 8.81. The fraction of sp³-hybridized carbons (Fsp3) is 0.261. The van der Waals surface area contributed by atoms with Crippen LogP contribution in [0.25, 0.3) is 0 Å². The van der Waals surface area contributed by atoms with E-state index in [2.05, 4.69) is 17.2 Å². The van der Waals surface area contributed by atoms with Gasteiger partial charge in [-0.2, -0.15) is 0 Å². The highest BCUT2D eigenvalue weighted by atomic mass is 35.5. The number of carbonyl (C=O) groups excluding carboxylic acids is 3. The van der Waals surface area contributed by atoms with Crippen molar-refractivity contribution in [3.05, 3.63) is 70.8 Å². The van der Waals surface area contributed by atoms with Gasteiger partial charge < -0.3 is 15.4 Å². The molecular weight excluding hydrogens is 418 g/mol. The Morgan fingerprint density at radius 2 is 1.90 bits per heavy atom. The van der Waals surface area contributed by atoms with Gasteiger partial charge in [0.15, 0.2) is 0 Å². The molecule has 162 valence electrons. The molecule has 2 aromatic carbocycles. The zero-order valence-corrected chi connectivity index (χ0v) is 18.4. The lowest BCUT2D eigenvalue weighted by Gasteiger charge is -2.22. The summed E-state index contributed by atoms with van der Waals surface area (Å²) in [5.41, 5.74) is 1.53. The molecular formula is C23H24ClN3O4. The van der Waals surface area contributed by atoms with Gasteiger partial charge in [-0.15, -0.1) is 0 Å². The number of nitrogens with one attached hydrogen (secondary N) is 2. The molecule has 7 nitrogen and oxygen atoms in total. The molecule has 0 saturated carbocycles. The van der Waals surface area contributed by atoms with Gasteiger partial charge in [-0.1, -0.05) is 36.4 Å². The number of ether oxygens (including phenoxy) is 1. The van der Waals surface area contributed by atoms with E-state index >= 15 is 0 Å². The van der Waals surface area contributed by atoms with Crippen molar-refractivity contribution in [3.63, 3.8) is 0 Å². The third kappa shape index (κ3) is 4.88. The summed E-state index contributed by atoms with van der Waals surface area (Å²) in [7, 11) is 0. The number of aryl methyl sites for hydroxylation is 1. The standard InChI is InChI=1S/C23H24ClN3O4/c1-14(2)13-31-18-9-6-16(7-10-18)23(4)21(29)27(22(30)26-23)12-20(28)25-19-11-17(24)8-5-15(19)3/h5-11H,1,12-13H2,2-4H3,(H,25,28)(H,26,30). The van der Waals surface area contributed by atoms with Crippen molar-refractivity contribution in [2.45, 2.75) is 26.3 Å². The first-order chi connectivity index (χ1) is 14.6. The van der Waals surface area contributed by atoms with E-state index in [1.807, 2.05) is 13.8 Å². The number of hydrogen-bond acceptors (Lipinski definition) is 4. The highest BCUT2D eigenvalue weighted by Crippen LogP contribution is 2.30. The Morgan fingerprint density at radius 3 is 2.55 bits per heavy atom. The van der Waals surface area contributed by atoms with Crippen molar-refractivity contribution in [2.24, 2.45) is 0 Å². The Bertz CT molecular complexity index is 1050. The van der Waals surface area contributed by atoms with Gasteiger partial charge in [-0.3, -0.25) is 14.5 Å². The molecule has 2 aromatic rings. The summed E-state index contributed by atoms with van der Waals surface area (Å²) in [4.78, 5) is 38.9. The predicted molar refractivity (Wildman–Crippen MR) is 119 cm³/mol. The van der Waals surface area contributed by atoms with Gasteiger partial charge in [0.2, 0.25) is 5.91 Å². The minimum absolute atomic E-state index is 0.390. The number of imide groups is 1. The Labute approximate surface area is 186 Å². The minimum atomic E-state index is -1.28. The minimum Gasteiger partial charge on any atom is -0.489 e. The van der Waals surface area contributed by atoms with Gasteiger partial charge in [0.1, 0.15) is 24.4 Å². The Kier molecular flexibility index (Phi) is 6.36. The van der Waals surface area contributed by atoms with Crippen LogP contribution in [0.2, 0.25) is 5.02 Å². The quantitative estimate of drug-likeness (QED) is 0.502. The molecule has 31 heavy (non-hydrogen) atoms. The number of rotatable bonds is 7. The van der Waals surface area contributed by atoms with E-state index in [1.54, 1.807) is 49.4 Å². The Balaban J connectivity index is 1.71. The Morgan fingerprint density at radius 1 is 1.23 bits per heavy atom. The molecule has 8 heteroatoms. The number of nitrogens with zero attached hydrogens (tertiary/aromatic N) is 1. The van der Waals surface area contributed by atoms with Crippen molar-refractivity contribution in [1.29, 1.82) is 0 Å². The molecule has 0 spiro atoms. The molecule has 1 aliphatic heterocycles. The first-order valence-corrected chi connectivity index (χ1v) is 10.1. The van der Waals surface area contributed by atoms with Gasteiger partial charge in [-0.05, 0) is 61.7 Å². The maximum absolute atomic E-state index is 13.0. The topological polar surface area (TPSA) is 87.7 Å². The molecule has 1 saturated heterocycles. The summed E-state index contributed by atoms with van der Waals surface area (Å²) >= 11 is 5.98. The van der Waals surface area contributed by atoms with E-state index in [4.69, 9.17) is 16.3 Å². The van der Waals surface area contributed by atoms with Crippen molar-refractivity contribution in [2.75, 3.05) is 18.5 Å². The second-order valence-electron chi connectivity index (χ2n) is 7.72. The highest BCUT2D eigenvalue weighted by molar-refractivity contribution is 6.31. The number of benzene rings is 2. The number of carbonyl (C=O) groups is 3. The molecule has 1 unspecified atom stereocenters. The fourth-order valence-electron chi connectivity index (χ4n) is 3.19. The van der Waals surface area contributed by atoms with E-state index in [0.29, 0.717) is 28.6 Å². The van der Waals surface area contributed by atoms with Gasteiger partial charge in [0, 0.05) is 10.7 Å². The Hall–Kier alpha value is -3.32. The smallest absolute Gasteiger partial charge is 0.325 e. The number of anilines is 1. The van der Waals surface area contributed by atoms with Crippen molar-refractivity contribution >= 4 is 35.1 Å². The van der Waals surface area contributed by atoms with Gasteiger partial charge in [0.25, 0.3) is 5.91 Å². The average Bonchev–Trinajstić information content (AvgIpc) is 2.93. The zero-order chi connectivity index (χ0) is 22.8. The third-order valence-corrected chi connectivity index (χ3v) is 5.20. The van der Waals surface area contributed by atoms with E-state index in [-0.39, 0.29) is 0 Å². The molecule has 0 radical (unpaired) electrons. The lowest BCUT2D eigenvalue weighted by Crippen LogP contribution is -2.42. The molecule has 0 aromatic heterocycles. The van der Waals surface area contributed by atoms with E-state index in [0.717, 1.165) is 16.0 Å². The summed E-state index contributed by atoms with van der Waals surface area (Å²) < 4.78 is 5.57. The number of urea groups is 1. The summed E-state index contributed by atoms with van der Waals surface area (Å²) in [5, 5.41) is 5.85. The molecule has 1 fully saturated rings. The zero-order valence-electron chi connectivity index (χ0n) is 17.6. The maximum Gasteiger partial charge on any atom is 0.325 e. The molecule has 1 aliphatic rings. The lowest BCUT2D eigenvalue weighted by atomic mass is 9.92. The number of amides is 4. The van der Waals surface area contributed by atoms with E-state index in [1.165, 1.54) is 0 Å². The summed E-state index contributed by atoms with van der Waals surface area (Å²) in [6.07, 6.45) is 0. The van der Waals surface area contributed by atoms with Crippen LogP contribution in [0, 0.1) is 6.92 Å². The van der Waals surface area contributed by atoms with Crippen molar-refractivity contribution < 1.29 is 19.1 Å². The molecule has 0 aliphatic carbocycles. The molecule has 3 rings (SSSR count). The van der Waals surface area contributed by atoms with E-state index in [9.17, 15) is 14.4 Å². The second-order valence-corrected chi connectivity index (χ2v) is 8.16. The van der Waals surface area contributed by atoms with Crippen LogP contribution in [0.15, 0.2) is 54.6 Å². The van der Waals surface area contributed by atoms with Gasteiger partial charge >= 0.3 is 6.03 Å². The number of hydrogen-bond donors (Lipinski definition) is 2. The lowest BCUT2D eigenvalue weighted by molar-refractivity contribution is -0.133. The fourth-order valence-corrected chi connectivity index (χ4v) is 3.36. The monoisotopic (exact) mass is 441 g/mol.